The summed E-state index contributed by atoms with van der Waals surface area (Å²) in [5, 5.41) is 7.92. The van der Waals surface area contributed by atoms with Gasteiger partial charge in [0.15, 0.2) is 0 Å². The number of nitrogens with one attached hydrogen (secondary N) is 1. The molecule has 2 aromatic rings. The number of amides is 1. The molecule has 2 atom stereocenters. The summed E-state index contributed by atoms with van der Waals surface area (Å²) in [7, 11) is -3.68. The van der Waals surface area contributed by atoms with Crippen molar-refractivity contribution in [2.24, 2.45) is 16.8 Å². The number of sulfonamides is 1. The number of primary sulfonamides is 1. The van der Waals surface area contributed by atoms with Crippen molar-refractivity contribution >= 4 is 15.9 Å². The minimum atomic E-state index is -3.68. The monoisotopic (exact) mass is 361 g/mol. The number of rotatable bonds is 7. The summed E-state index contributed by atoms with van der Waals surface area (Å²) in [5.74, 6) is -0.468. The molecule has 0 spiro atoms. The molecule has 134 valence electrons. The fourth-order valence-electron chi connectivity index (χ4n) is 2.46. The first kappa shape index (κ1) is 19.1. The molecule has 5 N–H and O–H groups in total. The molecule has 7 heteroatoms. The molecular formula is C18H23N3O3S. The first-order valence-corrected chi connectivity index (χ1v) is 9.53. The van der Waals surface area contributed by atoms with Crippen molar-refractivity contribution in [3.05, 3.63) is 65.7 Å². The van der Waals surface area contributed by atoms with E-state index in [2.05, 4.69) is 5.32 Å². The van der Waals surface area contributed by atoms with Crippen LogP contribution in [0.25, 0.3) is 0 Å². The van der Waals surface area contributed by atoms with Gasteiger partial charge >= 0.3 is 0 Å². The maximum absolute atomic E-state index is 12.2. The summed E-state index contributed by atoms with van der Waals surface area (Å²) in [6, 6.07) is 15.4. The zero-order valence-corrected chi connectivity index (χ0v) is 14.9. The standard InChI is InChI=1S/C18H23N3O3S/c1-13(17(19)15-5-3-2-4-6-15)18(22)21-12-11-14-7-9-16(10-8-14)25(20,23)24/h2-10,13,17H,11-12,19H2,1H3,(H,21,22)(H2,20,23,24). The third kappa shape index (κ3) is 5.38. The highest BCUT2D eigenvalue weighted by Crippen LogP contribution is 2.19. The minimum Gasteiger partial charge on any atom is -0.355 e. The van der Waals surface area contributed by atoms with E-state index >= 15 is 0 Å². The summed E-state index contributed by atoms with van der Waals surface area (Å²) < 4.78 is 22.4. The number of hydrogen-bond donors (Lipinski definition) is 3. The summed E-state index contributed by atoms with van der Waals surface area (Å²) in [5.41, 5.74) is 7.98. The zero-order valence-electron chi connectivity index (χ0n) is 14.1. The molecule has 0 saturated heterocycles. The van der Waals surface area contributed by atoms with Crippen molar-refractivity contribution < 1.29 is 13.2 Å². The van der Waals surface area contributed by atoms with E-state index in [-0.39, 0.29) is 22.8 Å². The molecule has 0 aromatic heterocycles. The lowest BCUT2D eigenvalue weighted by atomic mass is 9.94. The SMILES string of the molecule is CC(C(=O)NCCc1ccc(S(N)(=O)=O)cc1)C(N)c1ccccc1. The molecule has 0 aliphatic rings. The Bertz CT molecular complexity index is 805. The Hall–Kier alpha value is -2.22. The minimum absolute atomic E-state index is 0.0720. The molecule has 0 heterocycles. The van der Waals surface area contributed by atoms with Gasteiger partial charge in [0.25, 0.3) is 0 Å². The van der Waals surface area contributed by atoms with Crippen LogP contribution in [0.1, 0.15) is 24.1 Å². The van der Waals surface area contributed by atoms with E-state index in [1.54, 1.807) is 19.1 Å². The Morgan fingerprint density at radius 2 is 1.68 bits per heavy atom. The lowest BCUT2D eigenvalue weighted by Crippen LogP contribution is -2.36. The molecule has 0 bridgehead atoms. The fraction of sp³-hybridized carbons (Fsp3) is 0.278. The number of hydrogen-bond acceptors (Lipinski definition) is 4. The van der Waals surface area contributed by atoms with Gasteiger partial charge in [0, 0.05) is 12.6 Å². The van der Waals surface area contributed by atoms with Gasteiger partial charge in [-0.05, 0) is 29.7 Å². The molecular weight excluding hydrogens is 338 g/mol. The maximum Gasteiger partial charge on any atom is 0.238 e. The predicted octanol–water partition coefficient (Wildman–Crippen LogP) is 1.33. The maximum atomic E-state index is 12.2. The van der Waals surface area contributed by atoms with Gasteiger partial charge in [-0.1, -0.05) is 49.4 Å². The normalized spacial score (nSPS) is 13.9. The Balaban J connectivity index is 1.85. The molecule has 0 radical (unpaired) electrons. The smallest absolute Gasteiger partial charge is 0.238 e. The van der Waals surface area contributed by atoms with Crippen LogP contribution < -0.4 is 16.2 Å². The van der Waals surface area contributed by atoms with Gasteiger partial charge in [-0.2, -0.15) is 0 Å². The molecule has 2 unspecified atom stereocenters. The Morgan fingerprint density at radius 3 is 2.24 bits per heavy atom. The fourth-order valence-corrected chi connectivity index (χ4v) is 2.98. The lowest BCUT2D eigenvalue weighted by Gasteiger charge is -2.19. The van der Waals surface area contributed by atoms with E-state index in [9.17, 15) is 13.2 Å². The number of nitrogens with two attached hydrogens (primary N) is 2. The van der Waals surface area contributed by atoms with Gasteiger partial charge < -0.3 is 11.1 Å². The molecule has 2 rings (SSSR count). The van der Waals surface area contributed by atoms with Crippen LogP contribution in [0.5, 0.6) is 0 Å². The van der Waals surface area contributed by atoms with Crippen molar-refractivity contribution in [2.45, 2.75) is 24.3 Å². The van der Waals surface area contributed by atoms with Gasteiger partial charge in [-0.3, -0.25) is 4.79 Å². The predicted molar refractivity (Wildman–Crippen MR) is 97.1 cm³/mol. The highest BCUT2D eigenvalue weighted by Gasteiger charge is 2.21. The van der Waals surface area contributed by atoms with E-state index in [1.165, 1.54) is 12.1 Å². The third-order valence-electron chi connectivity index (χ3n) is 4.10. The van der Waals surface area contributed by atoms with Crippen molar-refractivity contribution in [1.82, 2.24) is 5.32 Å². The van der Waals surface area contributed by atoms with Crippen LogP contribution in [0.2, 0.25) is 0 Å². The van der Waals surface area contributed by atoms with Crippen LogP contribution in [-0.2, 0) is 21.2 Å². The van der Waals surface area contributed by atoms with Gasteiger partial charge in [0.1, 0.15) is 0 Å². The van der Waals surface area contributed by atoms with Crippen molar-refractivity contribution in [3.8, 4) is 0 Å². The average Bonchev–Trinajstić information content (AvgIpc) is 2.60. The number of carbonyl (C=O) groups excluding carboxylic acids is 1. The van der Waals surface area contributed by atoms with Crippen LogP contribution in [-0.4, -0.2) is 20.9 Å². The van der Waals surface area contributed by atoms with E-state index in [1.807, 2.05) is 30.3 Å². The first-order valence-electron chi connectivity index (χ1n) is 7.99. The Morgan fingerprint density at radius 1 is 1.08 bits per heavy atom. The Labute approximate surface area is 148 Å². The van der Waals surface area contributed by atoms with Crippen LogP contribution in [0, 0.1) is 5.92 Å². The molecule has 6 nitrogen and oxygen atoms in total. The second-order valence-electron chi connectivity index (χ2n) is 5.96. The Kier molecular flexibility index (Phi) is 6.30. The second-order valence-corrected chi connectivity index (χ2v) is 7.52. The van der Waals surface area contributed by atoms with Crippen molar-refractivity contribution in [2.75, 3.05) is 6.54 Å². The van der Waals surface area contributed by atoms with Gasteiger partial charge in [0.05, 0.1) is 10.8 Å². The molecule has 0 saturated carbocycles. The topological polar surface area (TPSA) is 115 Å². The van der Waals surface area contributed by atoms with E-state index in [0.29, 0.717) is 13.0 Å². The summed E-state index contributed by atoms with van der Waals surface area (Å²) in [4.78, 5) is 12.3. The third-order valence-corrected chi connectivity index (χ3v) is 5.03. The van der Waals surface area contributed by atoms with Crippen molar-refractivity contribution in [3.63, 3.8) is 0 Å². The van der Waals surface area contributed by atoms with Crippen molar-refractivity contribution in [1.29, 1.82) is 0 Å². The van der Waals surface area contributed by atoms with Gasteiger partial charge in [0.2, 0.25) is 15.9 Å². The highest BCUT2D eigenvalue weighted by molar-refractivity contribution is 7.89. The molecule has 0 aliphatic carbocycles. The van der Waals surface area contributed by atoms with Gasteiger partial charge in [-0.25, -0.2) is 13.6 Å². The molecule has 2 aromatic carbocycles. The number of benzene rings is 2. The summed E-state index contributed by atoms with van der Waals surface area (Å²) in [6.45, 7) is 2.24. The lowest BCUT2D eigenvalue weighted by molar-refractivity contribution is -0.125. The van der Waals surface area contributed by atoms with E-state index < -0.39 is 10.0 Å². The largest absolute Gasteiger partial charge is 0.355 e. The molecule has 0 aliphatic heterocycles. The molecule has 25 heavy (non-hydrogen) atoms. The molecule has 1 amide bonds. The van der Waals surface area contributed by atoms with E-state index in [4.69, 9.17) is 10.9 Å². The van der Waals surface area contributed by atoms with Crippen LogP contribution >= 0.6 is 0 Å². The van der Waals surface area contributed by atoms with Crippen LogP contribution in [0.3, 0.4) is 0 Å². The van der Waals surface area contributed by atoms with Crippen LogP contribution in [0.15, 0.2) is 59.5 Å². The second kappa shape index (κ2) is 8.24. The number of carbonyl (C=O) groups is 1. The molecule has 0 fully saturated rings. The summed E-state index contributed by atoms with van der Waals surface area (Å²) in [6.07, 6.45) is 0.587. The van der Waals surface area contributed by atoms with Crippen LogP contribution in [0.4, 0.5) is 0 Å². The van der Waals surface area contributed by atoms with E-state index in [0.717, 1.165) is 11.1 Å². The summed E-state index contributed by atoms with van der Waals surface area (Å²) >= 11 is 0. The average molecular weight is 361 g/mol. The zero-order chi connectivity index (χ0) is 18.4. The highest BCUT2D eigenvalue weighted by atomic mass is 32.2. The quantitative estimate of drug-likeness (QED) is 0.690. The first-order chi connectivity index (χ1) is 11.8. The van der Waals surface area contributed by atoms with Gasteiger partial charge in [-0.15, -0.1) is 0 Å².